The van der Waals surface area contributed by atoms with Crippen LogP contribution in [0.2, 0.25) is 0 Å². The van der Waals surface area contributed by atoms with Gasteiger partial charge in [-0.15, -0.1) is 10.2 Å². The Balaban J connectivity index is 1.69. The monoisotopic (exact) mass is 288 g/mol. The van der Waals surface area contributed by atoms with Crippen LogP contribution in [0.25, 0.3) is 0 Å². The summed E-state index contributed by atoms with van der Waals surface area (Å²) in [6, 6.07) is 6.83. The third-order valence-corrected chi connectivity index (χ3v) is 3.53. The summed E-state index contributed by atoms with van der Waals surface area (Å²) in [7, 11) is 0. The number of hydrogen-bond acceptors (Lipinski definition) is 5. The van der Waals surface area contributed by atoms with Crippen molar-refractivity contribution >= 4 is 34.0 Å². The SMILES string of the molecule is O=C(Nc1nncs1)c1cccc(NC(=O)C2CC2)c1. The highest BCUT2D eigenvalue weighted by Crippen LogP contribution is 2.30. The molecule has 0 bridgehead atoms. The average Bonchev–Trinajstić information content (AvgIpc) is 3.18. The summed E-state index contributed by atoms with van der Waals surface area (Å²) in [5.74, 6) is -0.121. The van der Waals surface area contributed by atoms with Crippen molar-refractivity contribution in [2.75, 3.05) is 10.6 Å². The van der Waals surface area contributed by atoms with E-state index in [9.17, 15) is 9.59 Å². The minimum absolute atomic E-state index is 0.0201. The van der Waals surface area contributed by atoms with Crippen molar-refractivity contribution in [1.82, 2.24) is 10.2 Å². The van der Waals surface area contributed by atoms with Crippen LogP contribution in [0.5, 0.6) is 0 Å². The molecule has 6 nitrogen and oxygen atoms in total. The van der Waals surface area contributed by atoms with Crippen molar-refractivity contribution in [2.45, 2.75) is 12.8 Å². The van der Waals surface area contributed by atoms with Crippen molar-refractivity contribution in [3.05, 3.63) is 35.3 Å². The number of nitrogens with zero attached hydrogens (tertiary/aromatic N) is 2. The first-order valence-corrected chi connectivity index (χ1v) is 7.09. The Labute approximate surface area is 119 Å². The smallest absolute Gasteiger partial charge is 0.257 e. The predicted molar refractivity (Wildman–Crippen MR) is 75.7 cm³/mol. The second kappa shape index (κ2) is 5.38. The molecule has 0 saturated heterocycles. The Morgan fingerprint density at radius 3 is 2.80 bits per heavy atom. The second-order valence-electron chi connectivity index (χ2n) is 4.54. The molecule has 1 saturated carbocycles. The summed E-state index contributed by atoms with van der Waals surface area (Å²) in [6.45, 7) is 0. The number of nitrogens with one attached hydrogen (secondary N) is 2. The molecule has 1 aromatic carbocycles. The van der Waals surface area contributed by atoms with Gasteiger partial charge in [0.25, 0.3) is 5.91 Å². The second-order valence-corrected chi connectivity index (χ2v) is 5.38. The van der Waals surface area contributed by atoms with Crippen molar-refractivity contribution < 1.29 is 9.59 Å². The number of rotatable bonds is 4. The first-order valence-electron chi connectivity index (χ1n) is 6.21. The van der Waals surface area contributed by atoms with E-state index in [1.54, 1.807) is 29.8 Å². The van der Waals surface area contributed by atoms with Crippen molar-refractivity contribution in [3.8, 4) is 0 Å². The molecule has 0 spiro atoms. The first kappa shape index (κ1) is 12.7. The molecule has 0 aliphatic heterocycles. The molecular weight excluding hydrogens is 276 g/mol. The maximum atomic E-state index is 12.0. The summed E-state index contributed by atoms with van der Waals surface area (Å²) in [5.41, 5.74) is 2.64. The van der Waals surface area contributed by atoms with Gasteiger partial charge in [0.2, 0.25) is 11.0 Å². The fourth-order valence-corrected chi connectivity index (χ4v) is 2.16. The van der Waals surface area contributed by atoms with Gasteiger partial charge < -0.3 is 5.32 Å². The number of hydrogen-bond donors (Lipinski definition) is 2. The Kier molecular flexibility index (Phi) is 3.42. The lowest BCUT2D eigenvalue weighted by Crippen LogP contribution is -2.15. The Morgan fingerprint density at radius 1 is 1.25 bits per heavy atom. The molecule has 7 heteroatoms. The van der Waals surface area contributed by atoms with Gasteiger partial charge in [0.1, 0.15) is 5.51 Å². The molecule has 2 aromatic rings. The number of aromatic nitrogens is 2. The summed E-state index contributed by atoms with van der Waals surface area (Å²) >= 11 is 1.25. The van der Waals surface area contributed by atoms with E-state index >= 15 is 0 Å². The molecule has 1 aliphatic carbocycles. The van der Waals surface area contributed by atoms with Gasteiger partial charge in [-0.1, -0.05) is 17.4 Å². The fourth-order valence-electron chi connectivity index (χ4n) is 1.72. The van der Waals surface area contributed by atoms with E-state index in [1.165, 1.54) is 11.3 Å². The van der Waals surface area contributed by atoms with Crippen molar-refractivity contribution in [2.24, 2.45) is 5.92 Å². The molecule has 102 valence electrons. The number of carbonyl (C=O) groups is 2. The lowest BCUT2D eigenvalue weighted by Gasteiger charge is -2.06. The molecule has 2 N–H and O–H groups in total. The summed E-state index contributed by atoms with van der Waals surface area (Å²) < 4.78 is 0. The van der Waals surface area contributed by atoms with E-state index in [0.717, 1.165) is 12.8 Å². The Morgan fingerprint density at radius 2 is 2.10 bits per heavy atom. The molecule has 0 radical (unpaired) electrons. The molecule has 1 aliphatic rings. The van der Waals surface area contributed by atoms with Gasteiger partial charge >= 0.3 is 0 Å². The van der Waals surface area contributed by atoms with E-state index in [-0.39, 0.29) is 17.7 Å². The minimum atomic E-state index is -0.274. The number of carbonyl (C=O) groups excluding carboxylic acids is 2. The van der Waals surface area contributed by atoms with Crippen LogP contribution < -0.4 is 10.6 Å². The van der Waals surface area contributed by atoms with E-state index in [0.29, 0.717) is 16.4 Å². The quantitative estimate of drug-likeness (QED) is 0.902. The maximum Gasteiger partial charge on any atom is 0.257 e. The third-order valence-electron chi connectivity index (χ3n) is 2.92. The Bertz CT molecular complexity index is 638. The van der Waals surface area contributed by atoms with Crippen LogP contribution in [0, 0.1) is 5.92 Å². The zero-order valence-electron chi connectivity index (χ0n) is 10.5. The molecule has 0 unspecified atom stereocenters. The first-order chi connectivity index (χ1) is 9.72. The van der Waals surface area contributed by atoms with Gasteiger partial charge in [-0.2, -0.15) is 0 Å². The summed E-state index contributed by atoms with van der Waals surface area (Å²) in [6.07, 6.45) is 1.89. The molecule has 3 rings (SSSR count). The molecular formula is C13H12N4O2S. The highest BCUT2D eigenvalue weighted by molar-refractivity contribution is 7.13. The summed E-state index contributed by atoms with van der Waals surface area (Å²) in [5, 5.41) is 13.3. The fraction of sp³-hybridized carbons (Fsp3) is 0.231. The predicted octanol–water partition coefficient (Wildman–Crippen LogP) is 2.14. The van der Waals surface area contributed by atoms with E-state index in [1.807, 2.05) is 0 Å². The van der Waals surface area contributed by atoms with Crippen LogP contribution in [0.15, 0.2) is 29.8 Å². The molecule has 1 heterocycles. The van der Waals surface area contributed by atoms with Crippen LogP contribution in [0.1, 0.15) is 23.2 Å². The molecule has 1 fully saturated rings. The molecule has 1 aromatic heterocycles. The van der Waals surface area contributed by atoms with Crippen LogP contribution >= 0.6 is 11.3 Å². The highest BCUT2D eigenvalue weighted by Gasteiger charge is 2.29. The third kappa shape index (κ3) is 3.00. The lowest BCUT2D eigenvalue weighted by atomic mass is 10.2. The van der Waals surface area contributed by atoms with Gasteiger partial charge in [-0.25, -0.2) is 0 Å². The number of anilines is 2. The van der Waals surface area contributed by atoms with Gasteiger partial charge in [0.15, 0.2) is 0 Å². The molecule has 2 amide bonds. The topological polar surface area (TPSA) is 84.0 Å². The van der Waals surface area contributed by atoms with Crippen molar-refractivity contribution in [1.29, 1.82) is 0 Å². The average molecular weight is 288 g/mol. The number of benzene rings is 1. The largest absolute Gasteiger partial charge is 0.326 e. The normalized spacial score (nSPS) is 13.8. The van der Waals surface area contributed by atoms with E-state index in [2.05, 4.69) is 20.8 Å². The van der Waals surface area contributed by atoms with Gasteiger partial charge in [0, 0.05) is 17.2 Å². The minimum Gasteiger partial charge on any atom is -0.326 e. The van der Waals surface area contributed by atoms with Crippen LogP contribution in [0.4, 0.5) is 10.8 Å². The van der Waals surface area contributed by atoms with Gasteiger partial charge in [-0.3, -0.25) is 14.9 Å². The van der Waals surface area contributed by atoms with Gasteiger partial charge in [0.05, 0.1) is 0 Å². The summed E-state index contributed by atoms with van der Waals surface area (Å²) in [4.78, 5) is 23.7. The van der Waals surface area contributed by atoms with E-state index < -0.39 is 0 Å². The lowest BCUT2D eigenvalue weighted by molar-refractivity contribution is -0.117. The molecule has 0 atom stereocenters. The van der Waals surface area contributed by atoms with Crippen LogP contribution in [-0.4, -0.2) is 22.0 Å². The zero-order valence-corrected chi connectivity index (χ0v) is 11.3. The van der Waals surface area contributed by atoms with E-state index in [4.69, 9.17) is 0 Å². The van der Waals surface area contributed by atoms with Crippen LogP contribution in [0.3, 0.4) is 0 Å². The van der Waals surface area contributed by atoms with Crippen molar-refractivity contribution in [3.63, 3.8) is 0 Å². The standard InChI is InChI=1S/C13H12N4O2S/c18-11(8-4-5-8)15-10-3-1-2-9(6-10)12(19)16-13-17-14-7-20-13/h1-3,6-8H,4-5H2,(H,15,18)(H,16,17,19). The van der Waals surface area contributed by atoms with Crippen LogP contribution in [-0.2, 0) is 4.79 Å². The molecule has 20 heavy (non-hydrogen) atoms. The number of amides is 2. The maximum absolute atomic E-state index is 12.0. The highest BCUT2D eigenvalue weighted by atomic mass is 32.1. The zero-order chi connectivity index (χ0) is 13.9. The Hall–Kier alpha value is -2.28. The van der Waals surface area contributed by atoms with Gasteiger partial charge in [-0.05, 0) is 31.0 Å².